The summed E-state index contributed by atoms with van der Waals surface area (Å²) in [5.41, 5.74) is 1.43. The maximum absolute atomic E-state index is 12.3. The third-order valence-electron chi connectivity index (χ3n) is 4.33. The number of nitrogens with zero attached hydrogens (tertiary/aromatic N) is 4. The molecule has 1 aliphatic rings. The van der Waals surface area contributed by atoms with Crippen LogP contribution in [0.25, 0.3) is 5.69 Å². The van der Waals surface area contributed by atoms with E-state index in [2.05, 4.69) is 20.1 Å². The van der Waals surface area contributed by atoms with Crippen LogP contribution in [0.1, 0.15) is 23.3 Å². The van der Waals surface area contributed by atoms with E-state index in [1.165, 1.54) is 11.8 Å². The Hall–Kier alpha value is -2.25. The van der Waals surface area contributed by atoms with Gasteiger partial charge in [0, 0.05) is 19.3 Å². The molecule has 0 unspecified atom stereocenters. The van der Waals surface area contributed by atoms with Crippen LogP contribution in [-0.2, 0) is 0 Å². The highest BCUT2D eigenvalue weighted by atomic mass is 35.5. The summed E-state index contributed by atoms with van der Waals surface area (Å²) in [5, 5.41) is 10.0. The van der Waals surface area contributed by atoms with Gasteiger partial charge in [-0.2, -0.15) is 0 Å². The van der Waals surface area contributed by atoms with Gasteiger partial charge in [0.1, 0.15) is 0 Å². The molecule has 6 nitrogen and oxygen atoms in total. The van der Waals surface area contributed by atoms with Crippen molar-refractivity contribution in [2.24, 2.45) is 0 Å². The molecule has 0 radical (unpaired) electrons. The van der Waals surface area contributed by atoms with Crippen molar-refractivity contribution >= 4 is 35.1 Å². The molecule has 0 aliphatic carbocycles. The number of rotatable bonds is 6. The van der Waals surface area contributed by atoms with Crippen molar-refractivity contribution in [3.63, 3.8) is 0 Å². The number of carbonyl (C=O) groups is 1. The van der Waals surface area contributed by atoms with Gasteiger partial charge in [-0.05, 0) is 37.1 Å². The maximum Gasteiger partial charge on any atom is 0.232 e. The summed E-state index contributed by atoms with van der Waals surface area (Å²) in [6.07, 6.45) is 4.03. The van der Waals surface area contributed by atoms with E-state index in [4.69, 9.17) is 11.6 Å². The third kappa shape index (κ3) is 3.37. The summed E-state index contributed by atoms with van der Waals surface area (Å²) in [4.78, 5) is 17.5. The van der Waals surface area contributed by atoms with Crippen LogP contribution in [0, 0.1) is 0 Å². The van der Waals surface area contributed by atoms with Crippen molar-refractivity contribution < 1.29 is 4.79 Å². The van der Waals surface area contributed by atoms with Crippen LogP contribution in [-0.4, -0.2) is 44.4 Å². The van der Waals surface area contributed by atoms with E-state index in [1.54, 1.807) is 12.3 Å². The molecule has 1 fully saturated rings. The van der Waals surface area contributed by atoms with Crippen LogP contribution >= 0.6 is 23.4 Å². The Morgan fingerprint density at radius 3 is 2.69 bits per heavy atom. The first kappa shape index (κ1) is 17.2. The van der Waals surface area contributed by atoms with Gasteiger partial charge in [-0.1, -0.05) is 35.5 Å². The van der Waals surface area contributed by atoms with E-state index in [-0.39, 0.29) is 11.5 Å². The Morgan fingerprint density at radius 1 is 1.15 bits per heavy atom. The van der Waals surface area contributed by atoms with Crippen molar-refractivity contribution in [2.75, 3.05) is 23.7 Å². The molecule has 1 N–H and O–H groups in total. The number of H-pyrrole nitrogens is 1. The number of para-hydroxylation sites is 1. The second-order valence-electron chi connectivity index (χ2n) is 6.06. The monoisotopic (exact) mass is 387 g/mol. The lowest BCUT2D eigenvalue weighted by Crippen LogP contribution is -2.22. The van der Waals surface area contributed by atoms with E-state index in [0.29, 0.717) is 15.9 Å². The van der Waals surface area contributed by atoms with Gasteiger partial charge in [-0.25, -0.2) is 0 Å². The molecule has 0 spiro atoms. The van der Waals surface area contributed by atoms with E-state index >= 15 is 0 Å². The Bertz CT molecular complexity index is 902. The molecule has 2 aromatic heterocycles. The molecule has 0 amide bonds. The first-order valence-electron chi connectivity index (χ1n) is 8.48. The molecular formula is C18H18ClN5OS. The SMILES string of the molecule is O=C(CSc1nnc(N2CCCC2)n1-c1ccccc1Cl)c1ccc[nH]1. The van der Waals surface area contributed by atoms with E-state index in [9.17, 15) is 4.79 Å². The van der Waals surface area contributed by atoms with E-state index in [0.717, 1.165) is 37.6 Å². The fourth-order valence-corrected chi connectivity index (χ4v) is 4.08. The molecule has 1 saturated heterocycles. The topological polar surface area (TPSA) is 66.8 Å². The second kappa shape index (κ2) is 7.55. The van der Waals surface area contributed by atoms with Crippen LogP contribution in [0.5, 0.6) is 0 Å². The summed E-state index contributed by atoms with van der Waals surface area (Å²) in [5.74, 6) is 1.09. The molecule has 8 heteroatoms. The number of nitrogens with one attached hydrogen (secondary N) is 1. The number of aromatic nitrogens is 4. The largest absolute Gasteiger partial charge is 0.359 e. The highest BCUT2D eigenvalue weighted by Gasteiger charge is 2.24. The number of halogens is 1. The van der Waals surface area contributed by atoms with Crippen molar-refractivity contribution in [2.45, 2.75) is 18.0 Å². The number of ketones is 1. The van der Waals surface area contributed by atoms with Gasteiger partial charge < -0.3 is 9.88 Å². The van der Waals surface area contributed by atoms with Gasteiger partial charge in [-0.3, -0.25) is 9.36 Å². The Kier molecular flexibility index (Phi) is 4.99. The fourth-order valence-electron chi connectivity index (χ4n) is 3.03. The van der Waals surface area contributed by atoms with Gasteiger partial charge in [0.15, 0.2) is 10.9 Å². The van der Waals surface area contributed by atoms with Gasteiger partial charge in [0.2, 0.25) is 5.95 Å². The number of benzene rings is 1. The summed E-state index contributed by atoms with van der Waals surface area (Å²) < 4.78 is 1.96. The predicted octanol–water partition coefficient (Wildman–Crippen LogP) is 3.82. The quantitative estimate of drug-likeness (QED) is 0.514. The Balaban J connectivity index is 1.66. The molecule has 0 atom stereocenters. The third-order valence-corrected chi connectivity index (χ3v) is 5.58. The van der Waals surface area contributed by atoms with E-state index < -0.39 is 0 Å². The smallest absolute Gasteiger partial charge is 0.232 e. The van der Waals surface area contributed by atoms with Gasteiger partial charge >= 0.3 is 0 Å². The highest BCUT2D eigenvalue weighted by Crippen LogP contribution is 2.32. The Labute approximate surface area is 160 Å². The zero-order valence-electron chi connectivity index (χ0n) is 14.1. The van der Waals surface area contributed by atoms with Crippen molar-refractivity contribution in [3.8, 4) is 5.69 Å². The molecule has 0 bridgehead atoms. The van der Waals surface area contributed by atoms with Crippen molar-refractivity contribution in [1.82, 2.24) is 19.7 Å². The molecule has 134 valence electrons. The van der Waals surface area contributed by atoms with Crippen LogP contribution in [0.2, 0.25) is 5.02 Å². The summed E-state index contributed by atoms with van der Waals surface area (Å²) >= 11 is 7.81. The number of carbonyl (C=O) groups excluding carboxylic acids is 1. The number of thioether (sulfide) groups is 1. The first-order chi connectivity index (χ1) is 12.7. The van der Waals surface area contributed by atoms with Crippen LogP contribution in [0.15, 0.2) is 47.8 Å². The number of Topliss-reactive ketones (excluding diaryl/α,β-unsaturated/α-hetero) is 1. The minimum Gasteiger partial charge on any atom is -0.359 e. The first-order valence-corrected chi connectivity index (χ1v) is 9.85. The summed E-state index contributed by atoms with van der Waals surface area (Å²) in [6.45, 7) is 1.91. The average Bonchev–Trinajstić information content (AvgIpc) is 3.40. The number of aromatic amines is 1. The molecular weight excluding hydrogens is 370 g/mol. The van der Waals surface area contributed by atoms with Crippen LogP contribution in [0.3, 0.4) is 0 Å². The molecule has 1 aromatic carbocycles. The summed E-state index contributed by atoms with van der Waals surface area (Å²) in [7, 11) is 0. The molecule has 1 aliphatic heterocycles. The van der Waals surface area contributed by atoms with E-state index in [1.807, 2.05) is 34.9 Å². The molecule has 26 heavy (non-hydrogen) atoms. The standard InChI is InChI=1S/C18H18ClN5OS/c19-13-6-1-2-8-15(13)24-17(23-10-3-4-11-23)21-22-18(24)26-12-16(25)14-7-5-9-20-14/h1-2,5-9,20H,3-4,10-12H2. The van der Waals surface area contributed by atoms with Gasteiger partial charge in [0.25, 0.3) is 0 Å². The van der Waals surface area contributed by atoms with Crippen LogP contribution < -0.4 is 4.90 Å². The van der Waals surface area contributed by atoms with Crippen LogP contribution in [0.4, 0.5) is 5.95 Å². The lowest BCUT2D eigenvalue weighted by Gasteiger charge is -2.19. The number of anilines is 1. The lowest BCUT2D eigenvalue weighted by atomic mass is 10.3. The number of hydrogen-bond donors (Lipinski definition) is 1. The minimum absolute atomic E-state index is 0.0245. The maximum atomic E-state index is 12.3. The average molecular weight is 388 g/mol. The molecule has 3 aromatic rings. The van der Waals surface area contributed by atoms with Crippen molar-refractivity contribution in [3.05, 3.63) is 53.3 Å². The van der Waals surface area contributed by atoms with Gasteiger partial charge in [0.05, 0.1) is 22.2 Å². The second-order valence-corrected chi connectivity index (χ2v) is 7.41. The molecule has 0 saturated carbocycles. The normalized spacial score (nSPS) is 14.1. The summed E-state index contributed by atoms with van der Waals surface area (Å²) in [6, 6.07) is 11.2. The zero-order chi connectivity index (χ0) is 17.9. The lowest BCUT2D eigenvalue weighted by molar-refractivity contribution is 0.101. The zero-order valence-corrected chi connectivity index (χ0v) is 15.6. The molecule has 3 heterocycles. The molecule has 4 rings (SSSR count). The van der Waals surface area contributed by atoms with Gasteiger partial charge in [-0.15, -0.1) is 10.2 Å². The Morgan fingerprint density at radius 2 is 1.96 bits per heavy atom. The highest BCUT2D eigenvalue weighted by molar-refractivity contribution is 7.99. The minimum atomic E-state index is 0.0245. The fraction of sp³-hybridized carbons (Fsp3) is 0.278. The predicted molar refractivity (Wildman–Crippen MR) is 104 cm³/mol. The number of hydrogen-bond acceptors (Lipinski definition) is 5. The van der Waals surface area contributed by atoms with Crippen molar-refractivity contribution in [1.29, 1.82) is 0 Å².